The molecule has 2 rings (SSSR count). The zero-order chi connectivity index (χ0) is 14.1. The molecule has 1 heterocycles. The summed E-state index contributed by atoms with van der Waals surface area (Å²) in [4.78, 5) is 11.7. The molecule has 0 radical (unpaired) electrons. The van der Waals surface area contributed by atoms with Crippen LogP contribution in [0.1, 0.15) is 40.0 Å². The fourth-order valence-electron chi connectivity index (χ4n) is 3.16. The van der Waals surface area contributed by atoms with Crippen molar-refractivity contribution in [2.24, 2.45) is 10.8 Å². The Bertz CT molecular complexity index is 344. The van der Waals surface area contributed by atoms with Crippen molar-refractivity contribution in [1.82, 2.24) is 5.32 Å². The molecule has 1 saturated carbocycles. The summed E-state index contributed by atoms with van der Waals surface area (Å²) in [5.74, 6) is 0. The molecule has 1 aliphatic carbocycles. The Morgan fingerprint density at radius 3 is 2.53 bits per heavy atom. The van der Waals surface area contributed by atoms with Crippen LogP contribution in [0.5, 0.6) is 0 Å². The van der Waals surface area contributed by atoms with Crippen molar-refractivity contribution in [2.45, 2.75) is 45.6 Å². The maximum atomic E-state index is 11.7. The highest BCUT2D eigenvalue weighted by atomic mass is 16.6. The standard InChI is InChI=1S/C14H25NO4/c1-12(2,3)19-11(17)15-9-14(10-16)8-13(14)4-6-18-7-5-13/h16H,4-10H2,1-3H3,(H,15,17). The van der Waals surface area contributed by atoms with Gasteiger partial charge in [-0.15, -0.1) is 0 Å². The van der Waals surface area contributed by atoms with E-state index in [0.29, 0.717) is 6.54 Å². The molecule has 1 saturated heterocycles. The SMILES string of the molecule is CC(C)(C)OC(=O)NCC1(CO)CC12CCOCC2. The van der Waals surface area contributed by atoms with Crippen LogP contribution in [0, 0.1) is 10.8 Å². The molecular formula is C14H25NO4. The Morgan fingerprint density at radius 1 is 1.37 bits per heavy atom. The summed E-state index contributed by atoms with van der Waals surface area (Å²) in [6.45, 7) is 7.63. The van der Waals surface area contributed by atoms with E-state index in [-0.39, 0.29) is 17.4 Å². The van der Waals surface area contributed by atoms with Gasteiger partial charge in [-0.05, 0) is 45.4 Å². The van der Waals surface area contributed by atoms with E-state index < -0.39 is 11.7 Å². The topological polar surface area (TPSA) is 67.8 Å². The number of hydrogen-bond donors (Lipinski definition) is 2. The summed E-state index contributed by atoms with van der Waals surface area (Å²) in [5, 5.41) is 12.5. The summed E-state index contributed by atoms with van der Waals surface area (Å²) in [5.41, 5.74) is -0.501. The van der Waals surface area contributed by atoms with Crippen LogP contribution in [0.3, 0.4) is 0 Å². The largest absolute Gasteiger partial charge is 0.444 e. The van der Waals surface area contributed by atoms with Crippen LogP contribution in [0.15, 0.2) is 0 Å². The maximum absolute atomic E-state index is 11.7. The number of nitrogens with one attached hydrogen (secondary N) is 1. The number of hydrogen-bond acceptors (Lipinski definition) is 4. The predicted molar refractivity (Wildman–Crippen MR) is 70.9 cm³/mol. The number of aliphatic hydroxyl groups is 1. The lowest BCUT2D eigenvalue weighted by Crippen LogP contribution is -2.39. The molecule has 1 unspecified atom stereocenters. The highest BCUT2D eigenvalue weighted by Crippen LogP contribution is 2.68. The minimum Gasteiger partial charge on any atom is -0.444 e. The van der Waals surface area contributed by atoms with Gasteiger partial charge >= 0.3 is 6.09 Å². The van der Waals surface area contributed by atoms with Gasteiger partial charge in [0, 0.05) is 25.2 Å². The zero-order valence-corrected chi connectivity index (χ0v) is 12.1. The smallest absolute Gasteiger partial charge is 0.407 e. The van der Waals surface area contributed by atoms with Gasteiger partial charge in [-0.3, -0.25) is 0 Å². The first-order chi connectivity index (χ1) is 8.83. The average Bonchev–Trinajstić information content (AvgIpc) is 2.93. The molecule has 5 heteroatoms. The lowest BCUT2D eigenvalue weighted by molar-refractivity contribution is 0.0273. The van der Waals surface area contributed by atoms with Gasteiger partial charge in [-0.25, -0.2) is 4.79 Å². The first-order valence-corrected chi connectivity index (χ1v) is 6.98. The summed E-state index contributed by atoms with van der Waals surface area (Å²) >= 11 is 0. The van der Waals surface area contributed by atoms with Crippen LogP contribution in [0.2, 0.25) is 0 Å². The van der Waals surface area contributed by atoms with E-state index >= 15 is 0 Å². The first-order valence-electron chi connectivity index (χ1n) is 6.98. The number of carbonyl (C=O) groups is 1. The van der Waals surface area contributed by atoms with Crippen molar-refractivity contribution >= 4 is 6.09 Å². The van der Waals surface area contributed by atoms with Crippen LogP contribution >= 0.6 is 0 Å². The van der Waals surface area contributed by atoms with Crippen LogP contribution < -0.4 is 5.32 Å². The molecule has 2 aliphatic rings. The van der Waals surface area contributed by atoms with Crippen molar-refractivity contribution in [3.8, 4) is 0 Å². The van der Waals surface area contributed by atoms with E-state index in [1.165, 1.54) is 0 Å². The normalized spacial score (nSPS) is 29.1. The lowest BCUT2D eigenvalue weighted by Gasteiger charge is -2.29. The van der Waals surface area contributed by atoms with Gasteiger partial charge in [0.25, 0.3) is 0 Å². The van der Waals surface area contributed by atoms with E-state index in [4.69, 9.17) is 9.47 Å². The van der Waals surface area contributed by atoms with E-state index in [1.807, 2.05) is 20.8 Å². The average molecular weight is 271 g/mol. The van der Waals surface area contributed by atoms with E-state index in [2.05, 4.69) is 5.32 Å². The molecular weight excluding hydrogens is 246 g/mol. The van der Waals surface area contributed by atoms with E-state index in [1.54, 1.807) is 0 Å². The molecule has 19 heavy (non-hydrogen) atoms. The van der Waals surface area contributed by atoms with Gasteiger partial charge in [-0.2, -0.15) is 0 Å². The number of carbonyl (C=O) groups excluding carboxylic acids is 1. The zero-order valence-electron chi connectivity index (χ0n) is 12.1. The van der Waals surface area contributed by atoms with E-state index in [0.717, 1.165) is 32.5 Å². The number of ether oxygens (including phenoxy) is 2. The third kappa shape index (κ3) is 3.03. The minimum absolute atomic E-state index is 0.114. The molecule has 1 atom stereocenters. The van der Waals surface area contributed by atoms with Crippen LogP contribution in [0.25, 0.3) is 0 Å². The molecule has 5 nitrogen and oxygen atoms in total. The number of aliphatic hydroxyl groups excluding tert-OH is 1. The fourth-order valence-corrected chi connectivity index (χ4v) is 3.16. The Labute approximate surface area is 114 Å². The quantitative estimate of drug-likeness (QED) is 0.819. The minimum atomic E-state index is -0.490. The Hall–Kier alpha value is -0.810. The van der Waals surface area contributed by atoms with Crippen LogP contribution in [-0.4, -0.2) is 43.2 Å². The summed E-state index contributed by atoms with van der Waals surface area (Å²) in [6.07, 6.45) is 2.51. The number of amides is 1. The van der Waals surface area contributed by atoms with Gasteiger partial charge in [0.2, 0.25) is 0 Å². The first kappa shape index (κ1) is 14.6. The van der Waals surface area contributed by atoms with E-state index in [9.17, 15) is 9.90 Å². The molecule has 0 aromatic heterocycles. The van der Waals surface area contributed by atoms with Gasteiger partial charge < -0.3 is 19.9 Å². The van der Waals surface area contributed by atoms with Crippen molar-refractivity contribution in [3.05, 3.63) is 0 Å². The molecule has 2 N–H and O–H groups in total. The van der Waals surface area contributed by atoms with Crippen molar-refractivity contribution < 1.29 is 19.4 Å². The van der Waals surface area contributed by atoms with Crippen LogP contribution in [0.4, 0.5) is 4.79 Å². The molecule has 1 amide bonds. The summed E-state index contributed by atoms with van der Waals surface area (Å²) in [6, 6.07) is 0. The lowest BCUT2D eigenvalue weighted by atomic mass is 9.86. The van der Waals surface area contributed by atoms with Gasteiger partial charge in [0.1, 0.15) is 5.60 Å². The summed E-state index contributed by atoms with van der Waals surface area (Å²) < 4.78 is 10.6. The second-order valence-corrected chi connectivity index (χ2v) is 6.86. The maximum Gasteiger partial charge on any atom is 0.407 e. The molecule has 110 valence electrons. The predicted octanol–water partition coefficient (Wildman–Crippen LogP) is 1.69. The second kappa shape index (κ2) is 4.94. The monoisotopic (exact) mass is 271 g/mol. The number of rotatable bonds is 3. The third-order valence-corrected chi connectivity index (χ3v) is 4.40. The van der Waals surface area contributed by atoms with Gasteiger partial charge in [0.05, 0.1) is 6.61 Å². The molecule has 1 aliphatic heterocycles. The van der Waals surface area contributed by atoms with Crippen molar-refractivity contribution in [1.29, 1.82) is 0 Å². The molecule has 1 spiro atoms. The van der Waals surface area contributed by atoms with Crippen molar-refractivity contribution in [2.75, 3.05) is 26.4 Å². The molecule has 0 aromatic carbocycles. The van der Waals surface area contributed by atoms with Crippen LogP contribution in [-0.2, 0) is 9.47 Å². The summed E-state index contributed by atoms with van der Waals surface area (Å²) in [7, 11) is 0. The molecule has 0 bridgehead atoms. The van der Waals surface area contributed by atoms with Gasteiger partial charge in [0.15, 0.2) is 0 Å². The van der Waals surface area contributed by atoms with Crippen molar-refractivity contribution in [3.63, 3.8) is 0 Å². The third-order valence-electron chi connectivity index (χ3n) is 4.40. The van der Waals surface area contributed by atoms with Gasteiger partial charge in [-0.1, -0.05) is 0 Å². The Morgan fingerprint density at radius 2 is 2.00 bits per heavy atom. The highest BCUT2D eigenvalue weighted by Gasteiger charge is 2.66. The molecule has 2 fully saturated rings. The second-order valence-electron chi connectivity index (χ2n) is 6.86. The highest BCUT2D eigenvalue weighted by molar-refractivity contribution is 5.67. The Kier molecular flexibility index (Phi) is 3.80. The fraction of sp³-hybridized carbons (Fsp3) is 0.929. The molecule has 0 aromatic rings. The number of alkyl carbamates (subject to hydrolysis) is 1. The Balaban J connectivity index is 1.86.